The Hall–Kier alpha value is -1.95. The molecular formula is C15H17ClN2O4. The van der Waals surface area contributed by atoms with Gasteiger partial charge in [-0.3, -0.25) is 9.59 Å². The highest BCUT2D eigenvalue weighted by atomic mass is 35.5. The van der Waals surface area contributed by atoms with E-state index in [0.717, 1.165) is 25.9 Å². The van der Waals surface area contributed by atoms with Gasteiger partial charge in [0.15, 0.2) is 11.5 Å². The summed E-state index contributed by atoms with van der Waals surface area (Å²) in [5.41, 5.74) is 0.350. The lowest BCUT2D eigenvalue weighted by atomic mass is 10.1. The van der Waals surface area contributed by atoms with Crippen molar-refractivity contribution in [2.24, 2.45) is 0 Å². The van der Waals surface area contributed by atoms with E-state index >= 15 is 0 Å². The number of benzene rings is 1. The molecule has 2 amide bonds. The number of amides is 2. The molecule has 6 nitrogen and oxygen atoms in total. The van der Waals surface area contributed by atoms with Crippen LogP contribution in [0, 0.1) is 0 Å². The molecule has 0 atom stereocenters. The van der Waals surface area contributed by atoms with Crippen molar-refractivity contribution in [1.82, 2.24) is 10.2 Å². The minimum atomic E-state index is -0.355. The van der Waals surface area contributed by atoms with Gasteiger partial charge in [-0.1, -0.05) is 11.6 Å². The van der Waals surface area contributed by atoms with E-state index in [1.54, 1.807) is 11.0 Å². The number of nitrogens with zero attached hydrogens (tertiary/aromatic N) is 1. The quantitative estimate of drug-likeness (QED) is 0.914. The summed E-state index contributed by atoms with van der Waals surface area (Å²) in [7, 11) is 0. The van der Waals surface area contributed by atoms with Crippen molar-refractivity contribution in [2.75, 3.05) is 32.8 Å². The van der Waals surface area contributed by atoms with E-state index in [0.29, 0.717) is 35.3 Å². The van der Waals surface area contributed by atoms with E-state index in [9.17, 15) is 9.59 Å². The first-order chi connectivity index (χ1) is 10.6. The van der Waals surface area contributed by atoms with Crippen LogP contribution in [-0.2, 0) is 4.79 Å². The summed E-state index contributed by atoms with van der Waals surface area (Å²) in [4.78, 5) is 25.8. The average Bonchev–Trinajstić information content (AvgIpc) is 3.06. The summed E-state index contributed by atoms with van der Waals surface area (Å²) in [6.45, 7) is 2.38. The van der Waals surface area contributed by atoms with Gasteiger partial charge in [0.2, 0.25) is 5.91 Å². The lowest BCUT2D eigenvalue weighted by Crippen LogP contribution is -2.38. The van der Waals surface area contributed by atoms with Crippen LogP contribution >= 0.6 is 11.6 Å². The van der Waals surface area contributed by atoms with E-state index in [-0.39, 0.29) is 18.4 Å². The molecule has 1 N–H and O–H groups in total. The standard InChI is InChI=1S/C15H17ClN2O4/c16-11-7-10(8-12-14(11)22-6-5-21-12)15(20)17-9-13(19)18-3-1-2-4-18/h7-8H,1-6,9H2,(H,17,20). The Morgan fingerprint density at radius 3 is 2.68 bits per heavy atom. The number of halogens is 1. The maximum absolute atomic E-state index is 12.2. The summed E-state index contributed by atoms with van der Waals surface area (Å²) in [6, 6.07) is 3.10. The van der Waals surface area contributed by atoms with Crippen molar-refractivity contribution in [3.05, 3.63) is 22.7 Å². The summed E-state index contributed by atoms with van der Waals surface area (Å²) in [5.74, 6) is 0.494. The number of rotatable bonds is 3. The van der Waals surface area contributed by atoms with E-state index in [1.165, 1.54) is 6.07 Å². The van der Waals surface area contributed by atoms with Gasteiger partial charge in [-0.15, -0.1) is 0 Å². The maximum atomic E-state index is 12.2. The molecule has 0 spiro atoms. The Morgan fingerprint density at radius 1 is 1.18 bits per heavy atom. The van der Waals surface area contributed by atoms with Gasteiger partial charge in [-0.05, 0) is 25.0 Å². The highest BCUT2D eigenvalue weighted by molar-refractivity contribution is 6.32. The van der Waals surface area contributed by atoms with Crippen LogP contribution in [0.1, 0.15) is 23.2 Å². The molecule has 0 aliphatic carbocycles. The van der Waals surface area contributed by atoms with Gasteiger partial charge >= 0.3 is 0 Å². The van der Waals surface area contributed by atoms with Crippen molar-refractivity contribution in [3.63, 3.8) is 0 Å². The number of fused-ring (bicyclic) bond motifs is 1. The molecule has 118 valence electrons. The van der Waals surface area contributed by atoms with Crippen molar-refractivity contribution in [2.45, 2.75) is 12.8 Å². The number of hydrogen-bond donors (Lipinski definition) is 1. The van der Waals surface area contributed by atoms with Crippen LogP contribution in [-0.4, -0.2) is 49.6 Å². The topological polar surface area (TPSA) is 67.9 Å². The molecule has 0 unspecified atom stereocenters. The number of likely N-dealkylation sites (tertiary alicyclic amines) is 1. The zero-order chi connectivity index (χ0) is 15.5. The zero-order valence-electron chi connectivity index (χ0n) is 12.1. The molecule has 0 saturated carbocycles. The predicted molar refractivity (Wildman–Crippen MR) is 80.6 cm³/mol. The zero-order valence-corrected chi connectivity index (χ0v) is 12.8. The third-order valence-electron chi connectivity index (χ3n) is 3.72. The third kappa shape index (κ3) is 3.11. The van der Waals surface area contributed by atoms with Gasteiger partial charge in [0.25, 0.3) is 5.91 Å². The molecule has 1 fully saturated rings. The Kier molecular flexibility index (Phi) is 4.38. The summed E-state index contributed by atoms with van der Waals surface area (Å²) in [6.07, 6.45) is 2.05. The molecule has 1 aromatic carbocycles. The molecule has 7 heteroatoms. The fourth-order valence-corrected chi connectivity index (χ4v) is 2.84. The second-order valence-electron chi connectivity index (χ2n) is 5.25. The van der Waals surface area contributed by atoms with Crippen molar-refractivity contribution in [3.8, 4) is 11.5 Å². The smallest absolute Gasteiger partial charge is 0.251 e. The van der Waals surface area contributed by atoms with Crippen LogP contribution in [0.25, 0.3) is 0 Å². The minimum Gasteiger partial charge on any atom is -0.486 e. The number of ether oxygens (including phenoxy) is 2. The first-order valence-corrected chi connectivity index (χ1v) is 7.68. The van der Waals surface area contributed by atoms with Gasteiger partial charge in [0, 0.05) is 18.7 Å². The maximum Gasteiger partial charge on any atom is 0.251 e. The Morgan fingerprint density at radius 2 is 1.91 bits per heavy atom. The van der Waals surface area contributed by atoms with E-state index < -0.39 is 0 Å². The van der Waals surface area contributed by atoms with Crippen molar-refractivity contribution in [1.29, 1.82) is 0 Å². The van der Waals surface area contributed by atoms with Crippen molar-refractivity contribution < 1.29 is 19.1 Å². The highest BCUT2D eigenvalue weighted by Crippen LogP contribution is 2.38. The molecule has 2 aliphatic heterocycles. The monoisotopic (exact) mass is 324 g/mol. The molecular weight excluding hydrogens is 308 g/mol. The average molecular weight is 325 g/mol. The van der Waals surface area contributed by atoms with Gasteiger partial charge < -0.3 is 19.7 Å². The van der Waals surface area contributed by atoms with Crippen LogP contribution in [0.15, 0.2) is 12.1 Å². The first-order valence-electron chi connectivity index (χ1n) is 7.30. The molecule has 0 radical (unpaired) electrons. The number of carbonyl (C=O) groups is 2. The third-order valence-corrected chi connectivity index (χ3v) is 4.00. The summed E-state index contributed by atoms with van der Waals surface area (Å²) < 4.78 is 10.8. The van der Waals surface area contributed by atoms with Crippen LogP contribution < -0.4 is 14.8 Å². The second-order valence-corrected chi connectivity index (χ2v) is 5.66. The number of hydrogen-bond acceptors (Lipinski definition) is 4. The molecule has 2 heterocycles. The van der Waals surface area contributed by atoms with Crippen LogP contribution in [0.2, 0.25) is 5.02 Å². The molecule has 0 aromatic heterocycles. The van der Waals surface area contributed by atoms with Gasteiger partial charge in [0.05, 0.1) is 11.6 Å². The van der Waals surface area contributed by atoms with Gasteiger partial charge in [-0.2, -0.15) is 0 Å². The molecule has 2 aliphatic rings. The summed E-state index contributed by atoms with van der Waals surface area (Å²) in [5, 5.41) is 2.95. The lowest BCUT2D eigenvalue weighted by molar-refractivity contribution is -0.129. The van der Waals surface area contributed by atoms with Crippen LogP contribution in [0.4, 0.5) is 0 Å². The Balaban J connectivity index is 1.64. The van der Waals surface area contributed by atoms with Crippen LogP contribution in [0.3, 0.4) is 0 Å². The van der Waals surface area contributed by atoms with Crippen molar-refractivity contribution >= 4 is 23.4 Å². The Bertz CT molecular complexity index is 599. The Labute approximate surface area is 133 Å². The lowest BCUT2D eigenvalue weighted by Gasteiger charge is -2.20. The molecule has 22 heavy (non-hydrogen) atoms. The van der Waals surface area contributed by atoms with E-state index in [2.05, 4.69) is 5.32 Å². The summed E-state index contributed by atoms with van der Waals surface area (Å²) >= 11 is 6.10. The van der Waals surface area contributed by atoms with Crippen LogP contribution in [0.5, 0.6) is 11.5 Å². The first kappa shape index (κ1) is 15.0. The molecule has 1 saturated heterocycles. The fraction of sp³-hybridized carbons (Fsp3) is 0.467. The second kappa shape index (κ2) is 6.44. The molecule has 0 bridgehead atoms. The van der Waals surface area contributed by atoms with E-state index in [1.807, 2.05) is 0 Å². The van der Waals surface area contributed by atoms with Gasteiger partial charge in [0.1, 0.15) is 13.2 Å². The SMILES string of the molecule is O=C(NCC(=O)N1CCCC1)c1cc(Cl)c2c(c1)OCCO2. The molecule has 3 rings (SSSR count). The van der Waals surface area contributed by atoms with Gasteiger partial charge in [-0.25, -0.2) is 0 Å². The number of nitrogens with one attached hydrogen (secondary N) is 1. The fourth-order valence-electron chi connectivity index (χ4n) is 2.58. The minimum absolute atomic E-state index is 0.00903. The van der Waals surface area contributed by atoms with E-state index in [4.69, 9.17) is 21.1 Å². The normalized spacial score (nSPS) is 16.5. The number of carbonyl (C=O) groups excluding carboxylic acids is 2. The largest absolute Gasteiger partial charge is 0.486 e. The predicted octanol–water partition coefficient (Wildman–Crippen LogP) is 1.46. The molecule has 1 aromatic rings. The highest BCUT2D eigenvalue weighted by Gasteiger charge is 2.21.